The fraction of sp³-hybridized carbons (Fsp3) is 0.917. The normalized spacial score (nSPS) is 25.1. The van der Waals surface area contributed by atoms with Crippen molar-refractivity contribution in [2.45, 2.75) is 44.7 Å². The first-order valence-corrected chi connectivity index (χ1v) is 6.55. The van der Waals surface area contributed by atoms with Gasteiger partial charge in [-0.25, -0.2) is 0 Å². The van der Waals surface area contributed by atoms with Gasteiger partial charge in [0.05, 0.1) is 6.04 Å². The molecule has 0 saturated carbocycles. The molecule has 0 unspecified atom stereocenters. The van der Waals surface area contributed by atoms with Crippen LogP contribution in [0.5, 0.6) is 0 Å². The zero-order valence-electron chi connectivity index (χ0n) is 11.0. The lowest BCUT2D eigenvalue weighted by Crippen LogP contribution is -2.49. The van der Waals surface area contributed by atoms with E-state index in [1.165, 1.54) is 0 Å². The van der Waals surface area contributed by atoms with E-state index >= 15 is 0 Å². The molecule has 2 heterocycles. The number of nitrogens with one attached hydrogen (secondary N) is 2. The van der Waals surface area contributed by atoms with E-state index in [0.29, 0.717) is 6.04 Å². The third-order valence-corrected chi connectivity index (χ3v) is 3.76. The van der Waals surface area contributed by atoms with E-state index in [1.807, 2.05) is 0 Å². The first-order chi connectivity index (χ1) is 7.79. The van der Waals surface area contributed by atoms with Crippen molar-refractivity contribution >= 4 is 30.7 Å². The highest BCUT2D eigenvalue weighted by atomic mass is 35.5. The third-order valence-electron chi connectivity index (χ3n) is 3.76. The Bertz CT molecular complexity index is 239. The number of piperidine rings is 1. The van der Waals surface area contributed by atoms with Crippen molar-refractivity contribution in [3.63, 3.8) is 0 Å². The van der Waals surface area contributed by atoms with Crippen LogP contribution in [0.15, 0.2) is 0 Å². The van der Waals surface area contributed by atoms with Gasteiger partial charge in [-0.1, -0.05) is 6.92 Å². The Kier molecular flexibility index (Phi) is 8.95. The molecular formula is C12H25Cl2N3O. The topological polar surface area (TPSA) is 44.4 Å². The van der Waals surface area contributed by atoms with Crippen LogP contribution in [0, 0.1) is 0 Å². The summed E-state index contributed by atoms with van der Waals surface area (Å²) in [6, 6.07) is 0.474. The minimum Gasteiger partial charge on any atom is -0.352 e. The molecule has 6 heteroatoms. The molecule has 2 aliphatic heterocycles. The van der Waals surface area contributed by atoms with Gasteiger partial charge in [-0.3, -0.25) is 4.79 Å². The summed E-state index contributed by atoms with van der Waals surface area (Å²) in [5, 5.41) is 6.42. The van der Waals surface area contributed by atoms with Gasteiger partial charge in [0.1, 0.15) is 0 Å². The highest BCUT2D eigenvalue weighted by Crippen LogP contribution is 2.11. The molecule has 2 aliphatic rings. The molecule has 2 fully saturated rings. The molecule has 108 valence electrons. The summed E-state index contributed by atoms with van der Waals surface area (Å²) in [5.41, 5.74) is 0. The Labute approximate surface area is 122 Å². The number of likely N-dealkylation sites (tertiary alicyclic amines) is 1. The van der Waals surface area contributed by atoms with Crippen LogP contribution >= 0.6 is 24.8 Å². The number of hydrogen-bond acceptors (Lipinski definition) is 3. The molecule has 2 N–H and O–H groups in total. The number of hydrogen-bond donors (Lipinski definition) is 2. The number of carbonyl (C=O) groups is 1. The van der Waals surface area contributed by atoms with Crippen molar-refractivity contribution in [3.8, 4) is 0 Å². The fourth-order valence-corrected chi connectivity index (χ4v) is 2.60. The zero-order valence-corrected chi connectivity index (χ0v) is 12.6. The van der Waals surface area contributed by atoms with Gasteiger partial charge < -0.3 is 15.5 Å². The van der Waals surface area contributed by atoms with Crippen LogP contribution in [0.4, 0.5) is 0 Å². The Balaban J connectivity index is 0.00000144. The quantitative estimate of drug-likeness (QED) is 0.822. The molecule has 2 rings (SSSR count). The summed E-state index contributed by atoms with van der Waals surface area (Å²) < 4.78 is 0. The second-order valence-corrected chi connectivity index (χ2v) is 4.87. The van der Waals surface area contributed by atoms with Gasteiger partial charge in [0, 0.05) is 19.1 Å². The summed E-state index contributed by atoms with van der Waals surface area (Å²) in [6.07, 6.45) is 4.34. The molecule has 0 radical (unpaired) electrons. The third kappa shape index (κ3) is 4.92. The summed E-state index contributed by atoms with van der Waals surface area (Å²) in [4.78, 5) is 14.3. The molecule has 2 saturated heterocycles. The number of amides is 1. The number of rotatable bonds is 3. The zero-order chi connectivity index (χ0) is 11.4. The summed E-state index contributed by atoms with van der Waals surface area (Å²) in [6.45, 7) is 6.57. The highest BCUT2D eigenvalue weighted by molar-refractivity contribution is 5.85. The van der Waals surface area contributed by atoms with E-state index in [2.05, 4.69) is 22.5 Å². The lowest BCUT2D eigenvalue weighted by atomic mass is 10.0. The second kappa shape index (κ2) is 8.97. The largest absolute Gasteiger partial charge is 0.352 e. The van der Waals surface area contributed by atoms with Gasteiger partial charge in [-0.15, -0.1) is 24.8 Å². The minimum atomic E-state index is 0. The SMILES string of the molecule is CCN1CCC(NC(=O)[C@@H]2CCCN2)CC1.Cl.Cl. The van der Waals surface area contributed by atoms with Crippen LogP contribution in [-0.4, -0.2) is 49.1 Å². The standard InChI is InChI=1S/C12H23N3O.2ClH/c1-2-15-8-5-10(6-9-15)14-12(16)11-4-3-7-13-11;;/h10-11,13H,2-9H2,1H3,(H,14,16);2*1H/t11-;;/m0../s1. The summed E-state index contributed by atoms with van der Waals surface area (Å²) in [5.74, 6) is 0.215. The van der Waals surface area contributed by atoms with E-state index in [0.717, 1.165) is 51.9 Å². The van der Waals surface area contributed by atoms with Crippen molar-refractivity contribution in [1.29, 1.82) is 0 Å². The average Bonchev–Trinajstić information content (AvgIpc) is 2.83. The van der Waals surface area contributed by atoms with E-state index in [4.69, 9.17) is 0 Å². The van der Waals surface area contributed by atoms with Crippen molar-refractivity contribution in [3.05, 3.63) is 0 Å². The molecule has 0 aromatic rings. The molecule has 0 aromatic heterocycles. The first kappa shape index (κ1) is 18.0. The van der Waals surface area contributed by atoms with Gasteiger partial charge >= 0.3 is 0 Å². The van der Waals surface area contributed by atoms with Gasteiger partial charge in [0.15, 0.2) is 0 Å². The van der Waals surface area contributed by atoms with Crippen LogP contribution < -0.4 is 10.6 Å². The molecule has 0 aliphatic carbocycles. The maximum atomic E-state index is 11.9. The molecule has 0 spiro atoms. The molecular weight excluding hydrogens is 273 g/mol. The Morgan fingerprint density at radius 3 is 2.44 bits per heavy atom. The van der Waals surface area contributed by atoms with Crippen LogP contribution in [-0.2, 0) is 4.79 Å². The fourth-order valence-electron chi connectivity index (χ4n) is 2.60. The van der Waals surface area contributed by atoms with E-state index < -0.39 is 0 Å². The Hall–Kier alpha value is -0.0300. The minimum absolute atomic E-state index is 0. The van der Waals surface area contributed by atoms with Crippen molar-refractivity contribution in [2.75, 3.05) is 26.2 Å². The van der Waals surface area contributed by atoms with E-state index in [-0.39, 0.29) is 36.8 Å². The van der Waals surface area contributed by atoms with Crippen LogP contribution in [0.3, 0.4) is 0 Å². The van der Waals surface area contributed by atoms with E-state index in [9.17, 15) is 4.79 Å². The van der Waals surface area contributed by atoms with Crippen molar-refractivity contribution in [1.82, 2.24) is 15.5 Å². The van der Waals surface area contributed by atoms with Crippen molar-refractivity contribution in [2.24, 2.45) is 0 Å². The van der Waals surface area contributed by atoms with Gasteiger partial charge in [0.2, 0.25) is 5.91 Å². The Morgan fingerprint density at radius 1 is 1.28 bits per heavy atom. The number of halogens is 2. The Morgan fingerprint density at radius 2 is 1.94 bits per heavy atom. The molecule has 0 bridgehead atoms. The average molecular weight is 298 g/mol. The van der Waals surface area contributed by atoms with Crippen LogP contribution in [0.2, 0.25) is 0 Å². The van der Waals surface area contributed by atoms with Crippen molar-refractivity contribution < 1.29 is 4.79 Å². The molecule has 1 atom stereocenters. The predicted octanol–water partition coefficient (Wildman–Crippen LogP) is 1.18. The monoisotopic (exact) mass is 297 g/mol. The maximum Gasteiger partial charge on any atom is 0.237 e. The molecule has 18 heavy (non-hydrogen) atoms. The van der Waals surface area contributed by atoms with E-state index in [1.54, 1.807) is 0 Å². The van der Waals surface area contributed by atoms with Crippen LogP contribution in [0.1, 0.15) is 32.6 Å². The molecule has 1 amide bonds. The van der Waals surface area contributed by atoms with Gasteiger partial charge in [0.25, 0.3) is 0 Å². The molecule has 0 aromatic carbocycles. The van der Waals surface area contributed by atoms with Gasteiger partial charge in [-0.05, 0) is 38.8 Å². The lowest BCUT2D eigenvalue weighted by molar-refractivity contribution is -0.123. The highest BCUT2D eigenvalue weighted by Gasteiger charge is 2.25. The first-order valence-electron chi connectivity index (χ1n) is 6.55. The summed E-state index contributed by atoms with van der Waals surface area (Å²) >= 11 is 0. The predicted molar refractivity (Wildman–Crippen MR) is 78.8 cm³/mol. The number of carbonyl (C=O) groups excluding carboxylic acids is 1. The maximum absolute atomic E-state index is 11.9. The second-order valence-electron chi connectivity index (χ2n) is 4.87. The van der Waals surface area contributed by atoms with Gasteiger partial charge in [-0.2, -0.15) is 0 Å². The molecule has 4 nitrogen and oxygen atoms in total. The van der Waals surface area contributed by atoms with Crippen LogP contribution in [0.25, 0.3) is 0 Å². The smallest absolute Gasteiger partial charge is 0.237 e. The number of nitrogens with zero attached hydrogens (tertiary/aromatic N) is 1. The summed E-state index contributed by atoms with van der Waals surface area (Å²) in [7, 11) is 0. The lowest BCUT2D eigenvalue weighted by Gasteiger charge is -2.32.